The first-order chi connectivity index (χ1) is 10.6. The molecule has 3 amide bonds. The molecule has 2 rings (SSSR count). The summed E-state index contributed by atoms with van der Waals surface area (Å²) in [5, 5.41) is 3.92. The molecule has 2 aromatic rings. The highest BCUT2D eigenvalue weighted by Crippen LogP contribution is 2.11. The summed E-state index contributed by atoms with van der Waals surface area (Å²) in [7, 11) is 3.21. The quantitative estimate of drug-likeness (QED) is 0.849. The van der Waals surface area contributed by atoms with E-state index in [-0.39, 0.29) is 11.9 Å². The maximum absolute atomic E-state index is 11.9. The van der Waals surface area contributed by atoms with Gasteiger partial charge in [-0.2, -0.15) is 11.3 Å². The van der Waals surface area contributed by atoms with Crippen molar-refractivity contribution in [2.24, 2.45) is 0 Å². The van der Waals surface area contributed by atoms with Crippen LogP contribution in [-0.4, -0.2) is 31.0 Å². The van der Waals surface area contributed by atoms with Crippen LogP contribution in [0.5, 0.6) is 5.75 Å². The Hall–Kier alpha value is -2.54. The van der Waals surface area contributed by atoms with E-state index in [0.29, 0.717) is 17.9 Å². The second kappa shape index (κ2) is 7.46. The molecule has 1 heterocycles. The zero-order valence-corrected chi connectivity index (χ0v) is 13.1. The van der Waals surface area contributed by atoms with Crippen LogP contribution in [0.4, 0.5) is 4.79 Å². The van der Waals surface area contributed by atoms with Gasteiger partial charge in [0, 0.05) is 19.2 Å². The molecule has 0 aliphatic carbocycles. The number of hydrogen-bond acceptors (Lipinski definition) is 4. The van der Waals surface area contributed by atoms with Crippen LogP contribution in [0.3, 0.4) is 0 Å². The lowest BCUT2D eigenvalue weighted by molar-refractivity contribution is 0.0931. The first-order valence-corrected chi connectivity index (χ1v) is 7.51. The van der Waals surface area contributed by atoms with Crippen molar-refractivity contribution >= 4 is 23.3 Å². The first-order valence-electron chi connectivity index (χ1n) is 6.56. The predicted octanol–water partition coefficient (Wildman–Crippen LogP) is 2.24. The molecule has 1 aromatic heterocycles. The lowest BCUT2D eigenvalue weighted by Crippen LogP contribution is -2.47. The molecule has 0 bridgehead atoms. The monoisotopic (exact) mass is 319 g/mol. The Labute approximate surface area is 132 Å². The Bertz CT molecular complexity index is 626. The normalized spacial score (nSPS) is 9.91. The van der Waals surface area contributed by atoms with Gasteiger partial charge >= 0.3 is 6.03 Å². The maximum atomic E-state index is 11.9. The number of amides is 3. The van der Waals surface area contributed by atoms with Crippen LogP contribution >= 0.6 is 11.3 Å². The molecule has 0 aliphatic rings. The fraction of sp³-hybridized carbons (Fsp3) is 0.200. The number of hydrogen-bond donors (Lipinski definition) is 2. The molecule has 7 heteroatoms. The molecule has 0 atom stereocenters. The summed E-state index contributed by atoms with van der Waals surface area (Å²) in [5.41, 5.74) is 6.24. The average Bonchev–Trinajstić information content (AvgIpc) is 3.05. The van der Waals surface area contributed by atoms with E-state index in [9.17, 15) is 9.59 Å². The van der Waals surface area contributed by atoms with Gasteiger partial charge in [0.15, 0.2) is 0 Å². The average molecular weight is 319 g/mol. The highest BCUT2D eigenvalue weighted by molar-refractivity contribution is 7.07. The molecule has 0 saturated heterocycles. The second-order valence-corrected chi connectivity index (χ2v) is 5.38. The fourth-order valence-electron chi connectivity index (χ4n) is 1.75. The van der Waals surface area contributed by atoms with E-state index in [4.69, 9.17) is 4.74 Å². The summed E-state index contributed by atoms with van der Waals surface area (Å²) < 4.78 is 5.02. The topological polar surface area (TPSA) is 70.7 Å². The molecule has 22 heavy (non-hydrogen) atoms. The lowest BCUT2D eigenvalue weighted by Gasteiger charge is -2.17. The van der Waals surface area contributed by atoms with Crippen LogP contribution in [0.2, 0.25) is 0 Å². The molecular formula is C15H17N3O3S. The predicted molar refractivity (Wildman–Crippen MR) is 84.8 cm³/mol. The molecule has 0 unspecified atom stereocenters. The largest absolute Gasteiger partial charge is 0.497 e. The van der Waals surface area contributed by atoms with E-state index < -0.39 is 0 Å². The van der Waals surface area contributed by atoms with Crippen molar-refractivity contribution < 1.29 is 14.3 Å². The summed E-state index contributed by atoms with van der Waals surface area (Å²) in [4.78, 5) is 25.3. The van der Waals surface area contributed by atoms with Crippen LogP contribution in [0.15, 0.2) is 41.1 Å². The van der Waals surface area contributed by atoms with Gasteiger partial charge in [-0.1, -0.05) is 0 Å². The Morgan fingerprint density at radius 2 is 1.91 bits per heavy atom. The van der Waals surface area contributed by atoms with Crippen molar-refractivity contribution in [1.29, 1.82) is 0 Å². The van der Waals surface area contributed by atoms with Gasteiger partial charge in [0.1, 0.15) is 5.75 Å². The van der Waals surface area contributed by atoms with Gasteiger partial charge in [0.2, 0.25) is 0 Å². The number of methoxy groups -OCH3 is 1. The van der Waals surface area contributed by atoms with E-state index in [0.717, 1.165) is 5.56 Å². The van der Waals surface area contributed by atoms with E-state index in [1.54, 1.807) is 49.8 Å². The SMILES string of the molecule is COc1ccc(C(=O)NNC(=O)N(C)Cc2ccsc2)cc1. The number of urea groups is 1. The minimum Gasteiger partial charge on any atom is -0.497 e. The van der Waals surface area contributed by atoms with Gasteiger partial charge in [-0.3, -0.25) is 10.2 Å². The second-order valence-electron chi connectivity index (χ2n) is 4.60. The number of carbonyl (C=O) groups is 2. The number of benzene rings is 1. The third-order valence-corrected chi connectivity index (χ3v) is 3.71. The standard InChI is InChI=1S/C15H17N3O3S/c1-18(9-11-7-8-22-10-11)15(20)17-16-14(19)12-3-5-13(21-2)6-4-12/h3-8,10H,9H2,1-2H3,(H,16,19)(H,17,20). The molecule has 0 spiro atoms. The number of rotatable bonds is 4. The molecule has 2 N–H and O–H groups in total. The maximum Gasteiger partial charge on any atom is 0.336 e. The molecule has 0 radical (unpaired) electrons. The zero-order valence-electron chi connectivity index (χ0n) is 12.3. The summed E-state index contributed by atoms with van der Waals surface area (Å²) in [6.07, 6.45) is 0. The number of carbonyl (C=O) groups excluding carboxylic acids is 2. The van der Waals surface area contributed by atoms with Crippen LogP contribution in [0.1, 0.15) is 15.9 Å². The smallest absolute Gasteiger partial charge is 0.336 e. The number of ether oxygens (including phenoxy) is 1. The fourth-order valence-corrected chi connectivity index (χ4v) is 2.41. The van der Waals surface area contributed by atoms with Gasteiger partial charge in [0.05, 0.1) is 7.11 Å². The van der Waals surface area contributed by atoms with Gasteiger partial charge in [-0.15, -0.1) is 0 Å². The van der Waals surface area contributed by atoms with E-state index in [2.05, 4.69) is 10.9 Å². The van der Waals surface area contributed by atoms with Crippen LogP contribution < -0.4 is 15.6 Å². The Kier molecular flexibility index (Phi) is 5.37. The molecule has 116 valence electrons. The summed E-state index contributed by atoms with van der Waals surface area (Å²) in [6, 6.07) is 8.17. The van der Waals surface area contributed by atoms with Crippen molar-refractivity contribution in [3.8, 4) is 5.75 Å². The molecule has 0 aliphatic heterocycles. The molecule has 1 aromatic carbocycles. The lowest BCUT2D eigenvalue weighted by atomic mass is 10.2. The van der Waals surface area contributed by atoms with Crippen molar-refractivity contribution in [1.82, 2.24) is 15.8 Å². The number of thiophene rings is 1. The van der Waals surface area contributed by atoms with Crippen LogP contribution in [0, 0.1) is 0 Å². The highest BCUT2D eigenvalue weighted by Gasteiger charge is 2.11. The summed E-state index contributed by atoms with van der Waals surface area (Å²) >= 11 is 1.57. The van der Waals surface area contributed by atoms with Gasteiger partial charge in [-0.05, 0) is 46.7 Å². The molecular weight excluding hydrogens is 302 g/mol. The van der Waals surface area contributed by atoms with E-state index >= 15 is 0 Å². The minimum absolute atomic E-state index is 0.381. The van der Waals surface area contributed by atoms with Gasteiger partial charge in [-0.25, -0.2) is 10.2 Å². The van der Waals surface area contributed by atoms with Crippen molar-refractivity contribution in [3.63, 3.8) is 0 Å². The first kappa shape index (κ1) is 15.8. The number of hydrazine groups is 1. The van der Waals surface area contributed by atoms with Gasteiger partial charge < -0.3 is 9.64 Å². The molecule has 0 saturated carbocycles. The van der Waals surface area contributed by atoms with Crippen molar-refractivity contribution in [3.05, 3.63) is 52.2 Å². The Morgan fingerprint density at radius 3 is 2.50 bits per heavy atom. The molecule has 6 nitrogen and oxygen atoms in total. The summed E-state index contributed by atoms with van der Waals surface area (Å²) in [6.45, 7) is 0.480. The summed E-state index contributed by atoms with van der Waals surface area (Å²) in [5.74, 6) is 0.274. The third kappa shape index (κ3) is 4.23. The van der Waals surface area contributed by atoms with Crippen molar-refractivity contribution in [2.75, 3.05) is 14.2 Å². The van der Waals surface area contributed by atoms with E-state index in [1.807, 2.05) is 16.8 Å². The van der Waals surface area contributed by atoms with Gasteiger partial charge in [0.25, 0.3) is 5.91 Å². The Morgan fingerprint density at radius 1 is 1.18 bits per heavy atom. The minimum atomic E-state index is -0.389. The third-order valence-electron chi connectivity index (χ3n) is 2.98. The van der Waals surface area contributed by atoms with Crippen LogP contribution in [0.25, 0.3) is 0 Å². The van der Waals surface area contributed by atoms with E-state index in [1.165, 1.54) is 4.90 Å². The highest BCUT2D eigenvalue weighted by atomic mass is 32.1. The number of nitrogens with one attached hydrogen (secondary N) is 2. The van der Waals surface area contributed by atoms with Crippen molar-refractivity contribution in [2.45, 2.75) is 6.54 Å². The van der Waals surface area contributed by atoms with Crippen LogP contribution in [-0.2, 0) is 6.54 Å². The zero-order chi connectivity index (χ0) is 15.9. The molecule has 0 fully saturated rings. The Balaban J connectivity index is 1.83. The number of nitrogens with zero attached hydrogens (tertiary/aromatic N) is 1.